The molecule has 0 aliphatic heterocycles. The lowest BCUT2D eigenvalue weighted by molar-refractivity contribution is 0.358. The van der Waals surface area contributed by atoms with Crippen LogP contribution in [-0.4, -0.2) is 19.8 Å². The Morgan fingerprint density at radius 1 is 1.75 bits per heavy atom. The SMILES string of the molecule is CNC[C@@H]1CCC=C([C@@H](C)F)C1. The van der Waals surface area contributed by atoms with E-state index in [-0.39, 0.29) is 0 Å². The summed E-state index contributed by atoms with van der Waals surface area (Å²) < 4.78 is 12.9. The molecule has 0 bridgehead atoms. The molecule has 2 atom stereocenters. The highest BCUT2D eigenvalue weighted by molar-refractivity contribution is 5.11. The summed E-state index contributed by atoms with van der Waals surface area (Å²) in [6, 6.07) is 0. The van der Waals surface area contributed by atoms with Gasteiger partial charge in [-0.15, -0.1) is 0 Å². The van der Waals surface area contributed by atoms with Gasteiger partial charge in [0.15, 0.2) is 0 Å². The van der Waals surface area contributed by atoms with Crippen molar-refractivity contribution in [2.75, 3.05) is 13.6 Å². The van der Waals surface area contributed by atoms with Crippen molar-refractivity contribution in [3.8, 4) is 0 Å². The van der Waals surface area contributed by atoms with Gasteiger partial charge in [0.05, 0.1) is 0 Å². The minimum atomic E-state index is -0.746. The van der Waals surface area contributed by atoms with Crippen LogP contribution in [0.25, 0.3) is 0 Å². The first-order valence-corrected chi connectivity index (χ1v) is 4.71. The van der Waals surface area contributed by atoms with E-state index in [0.717, 1.165) is 25.0 Å². The second-order valence-electron chi connectivity index (χ2n) is 3.60. The van der Waals surface area contributed by atoms with E-state index in [2.05, 4.69) is 11.4 Å². The van der Waals surface area contributed by atoms with Crippen molar-refractivity contribution in [2.24, 2.45) is 5.92 Å². The zero-order chi connectivity index (χ0) is 8.97. The second kappa shape index (κ2) is 4.61. The van der Waals surface area contributed by atoms with Crippen molar-refractivity contribution in [3.63, 3.8) is 0 Å². The summed E-state index contributed by atoms with van der Waals surface area (Å²) in [5.74, 6) is 0.646. The fourth-order valence-corrected chi connectivity index (χ4v) is 1.81. The molecule has 0 radical (unpaired) electrons. The highest BCUT2D eigenvalue weighted by Gasteiger charge is 2.17. The number of hydrogen-bond donors (Lipinski definition) is 1. The van der Waals surface area contributed by atoms with Gasteiger partial charge in [0, 0.05) is 0 Å². The molecule has 2 heteroatoms. The van der Waals surface area contributed by atoms with Gasteiger partial charge >= 0.3 is 0 Å². The van der Waals surface area contributed by atoms with E-state index in [9.17, 15) is 4.39 Å². The molecule has 1 N–H and O–H groups in total. The number of halogens is 1. The smallest absolute Gasteiger partial charge is 0.118 e. The van der Waals surface area contributed by atoms with Gasteiger partial charge in [-0.1, -0.05) is 6.08 Å². The maximum Gasteiger partial charge on any atom is 0.118 e. The summed E-state index contributed by atoms with van der Waals surface area (Å²) >= 11 is 0. The minimum Gasteiger partial charge on any atom is -0.319 e. The van der Waals surface area contributed by atoms with Gasteiger partial charge in [-0.3, -0.25) is 0 Å². The number of nitrogens with one attached hydrogen (secondary N) is 1. The first-order valence-electron chi connectivity index (χ1n) is 4.71. The number of allylic oxidation sites excluding steroid dienone is 2. The van der Waals surface area contributed by atoms with E-state index in [4.69, 9.17) is 0 Å². The number of alkyl halides is 1. The monoisotopic (exact) mass is 171 g/mol. The maximum absolute atomic E-state index is 12.9. The molecule has 1 nitrogen and oxygen atoms in total. The van der Waals surface area contributed by atoms with E-state index in [1.165, 1.54) is 6.42 Å². The quantitative estimate of drug-likeness (QED) is 0.642. The lowest BCUT2D eigenvalue weighted by atomic mass is 9.87. The summed E-state index contributed by atoms with van der Waals surface area (Å²) in [6.45, 7) is 2.65. The van der Waals surface area contributed by atoms with Crippen LogP contribution in [0.5, 0.6) is 0 Å². The Morgan fingerprint density at radius 2 is 2.50 bits per heavy atom. The molecule has 0 spiro atoms. The zero-order valence-electron chi connectivity index (χ0n) is 7.94. The lowest BCUT2D eigenvalue weighted by Crippen LogP contribution is -2.22. The van der Waals surface area contributed by atoms with Gasteiger partial charge in [-0.25, -0.2) is 4.39 Å². The Bertz CT molecular complexity index is 163. The average molecular weight is 171 g/mol. The predicted molar refractivity (Wildman–Crippen MR) is 49.9 cm³/mol. The Balaban J connectivity index is 2.42. The minimum absolute atomic E-state index is 0.646. The molecule has 0 amide bonds. The van der Waals surface area contributed by atoms with Crippen LogP contribution in [0.2, 0.25) is 0 Å². The maximum atomic E-state index is 12.9. The van der Waals surface area contributed by atoms with E-state index >= 15 is 0 Å². The Hall–Kier alpha value is -0.370. The fourth-order valence-electron chi connectivity index (χ4n) is 1.81. The van der Waals surface area contributed by atoms with Crippen LogP contribution < -0.4 is 5.32 Å². The van der Waals surface area contributed by atoms with Crippen molar-refractivity contribution < 1.29 is 4.39 Å². The van der Waals surface area contributed by atoms with Crippen molar-refractivity contribution >= 4 is 0 Å². The van der Waals surface area contributed by atoms with Gasteiger partial charge < -0.3 is 5.32 Å². The molecule has 1 aliphatic rings. The molecule has 1 aliphatic carbocycles. The Kier molecular flexibility index (Phi) is 3.73. The summed E-state index contributed by atoms with van der Waals surface area (Å²) in [4.78, 5) is 0. The molecule has 0 unspecified atom stereocenters. The summed E-state index contributed by atoms with van der Waals surface area (Å²) in [5, 5.41) is 3.15. The van der Waals surface area contributed by atoms with Crippen LogP contribution in [-0.2, 0) is 0 Å². The van der Waals surface area contributed by atoms with Crippen LogP contribution in [0.15, 0.2) is 11.6 Å². The topological polar surface area (TPSA) is 12.0 Å². The molecule has 0 aromatic carbocycles. The van der Waals surface area contributed by atoms with E-state index in [1.54, 1.807) is 6.92 Å². The molecule has 0 saturated carbocycles. The normalized spacial score (nSPS) is 26.6. The molecule has 0 aromatic heterocycles. The van der Waals surface area contributed by atoms with Gasteiger partial charge in [-0.05, 0) is 51.3 Å². The molecular formula is C10H18FN. The fraction of sp³-hybridized carbons (Fsp3) is 0.800. The van der Waals surface area contributed by atoms with Gasteiger partial charge in [0.2, 0.25) is 0 Å². The molecule has 12 heavy (non-hydrogen) atoms. The number of hydrogen-bond acceptors (Lipinski definition) is 1. The molecule has 0 fully saturated rings. The van der Waals surface area contributed by atoms with E-state index in [1.807, 2.05) is 7.05 Å². The van der Waals surface area contributed by atoms with Crippen molar-refractivity contribution in [1.82, 2.24) is 5.32 Å². The summed E-state index contributed by atoms with van der Waals surface area (Å²) in [7, 11) is 1.96. The van der Waals surface area contributed by atoms with Gasteiger partial charge in [-0.2, -0.15) is 0 Å². The third kappa shape index (κ3) is 2.59. The van der Waals surface area contributed by atoms with E-state index in [0.29, 0.717) is 5.92 Å². The van der Waals surface area contributed by atoms with Crippen LogP contribution >= 0.6 is 0 Å². The molecule has 0 heterocycles. The third-order valence-corrected chi connectivity index (χ3v) is 2.51. The van der Waals surface area contributed by atoms with Crippen molar-refractivity contribution in [1.29, 1.82) is 0 Å². The Labute approximate surface area is 74.0 Å². The molecule has 70 valence electrons. The van der Waals surface area contributed by atoms with Crippen LogP contribution in [0.1, 0.15) is 26.2 Å². The van der Waals surface area contributed by atoms with Crippen molar-refractivity contribution in [2.45, 2.75) is 32.4 Å². The standard InChI is InChI=1S/C10H18FN/c1-8(11)10-5-3-4-9(6-10)7-12-2/h5,8-9,12H,3-4,6-7H2,1-2H3/t8-,9-/m1/s1. The summed E-state index contributed by atoms with van der Waals surface area (Å²) in [5.41, 5.74) is 1.00. The third-order valence-electron chi connectivity index (χ3n) is 2.51. The van der Waals surface area contributed by atoms with Gasteiger partial charge in [0.25, 0.3) is 0 Å². The second-order valence-corrected chi connectivity index (χ2v) is 3.60. The molecule has 0 aromatic rings. The largest absolute Gasteiger partial charge is 0.319 e. The predicted octanol–water partition coefficient (Wildman–Crippen LogP) is 2.29. The number of rotatable bonds is 3. The first-order chi connectivity index (χ1) is 5.74. The zero-order valence-corrected chi connectivity index (χ0v) is 7.94. The molecule has 0 saturated heterocycles. The average Bonchev–Trinajstić information content (AvgIpc) is 2.05. The first kappa shape index (κ1) is 9.72. The van der Waals surface area contributed by atoms with Crippen LogP contribution in [0.3, 0.4) is 0 Å². The van der Waals surface area contributed by atoms with Crippen LogP contribution in [0.4, 0.5) is 4.39 Å². The molecule has 1 rings (SSSR count). The van der Waals surface area contributed by atoms with Crippen LogP contribution in [0, 0.1) is 5.92 Å². The highest BCUT2D eigenvalue weighted by atomic mass is 19.1. The highest BCUT2D eigenvalue weighted by Crippen LogP contribution is 2.26. The molecular weight excluding hydrogens is 153 g/mol. The lowest BCUT2D eigenvalue weighted by Gasteiger charge is -2.23. The van der Waals surface area contributed by atoms with E-state index < -0.39 is 6.17 Å². The summed E-state index contributed by atoms with van der Waals surface area (Å²) in [6.07, 6.45) is 4.52. The van der Waals surface area contributed by atoms with Crippen molar-refractivity contribution in [3.05, 3.63) is 11.6 Å². The van der Waals surface area contributed by atoms with Gasteiger partial charge in [0.1, 0.15) is 6.17 Å². The Morgan fingerprint density at radius 3 is 3.08 bits per heavy atom.